The van der Waals surface area contributed by atoms with Crippen molar-refractivity contribution in [1.82, 2.24) is 15.6 Å². The van der Waals surface area contributed by atoms with Gasteiger partial charge >= 0.3 is 0 Å². The number of thioether (sulfide) groups is 1. The number of nitrogens with one attached hydrogen (secondary N) is 2. The monoisotopic (exact) mass is 380 g/mol. The molecule has 0 saturated carbocycles. The van der Waals surface area contributed by atoms with Crippen LogP contribution in [0.3, 0.4) is 0 Å². The molecule has 0 fully saturated rings. The van der Waals surface area contributed by atoms with E-state index in [1.54, 1.807) is 13.2 Å². The van der Waals surface area contributed by atoms with E-state index in [-0.39, 0.29) is 24.0 Å². The Hall–Kier alpha value is -0.500. The summed E-state index contributed by atoms with van der Waals surface area (Å²) in [5.41, 5.74) is 1.01. The maximum atomic E-state index is 4.25. The average Bonchev–Trinajstić information content (AvgIpc) is 2.39. The second-order valence-electron chi connectivity index (χ2n) is 3.52. The van der Waals surface area contributed by atoms with Gasteiger partial charge in [0.2, 0.25) is 0 Å². The molecule has 0 radical (unpaired) electrons. The number of pyridine rings is 1. The molecule has 0 atom stereocenters. The lowest BCUT2D eigenvalue weighted by molar-refractivity contribution is 0.776. The Morgan fingerprint density at radius 1 is 1.39 bits per heavy atom. The van der Waals surface area contributed by atoms with E-state index in [0.717, 1.165) is 24.6 Å². The molecular formula is C12H21IN4S. The van der Waals surface area contributed by atoms with Crippen molar-refractivity contribution in [1.29, 1.82) is 0 Å². The smallest absolute Gasteiger partial charge is 0.191 e. The Bertz CT molecular complexity index is 332. The molecule has 0 aromatic carbocycles. The van der Waals surface area contributed by atoms with Gasteiger partial charge in [0.25, 0.3) is 0 Å². The third-order valence-electron chi connectivity index (χ3n) is 2.20. The lowest BCUT2D eigenvalue weighted by Crippen LogP contribution is -2.37. The summed E-state index contributed by atoms with van der Waals surface area (Å²) < 4.78 is 0. The van der Waals surface area contributed by atoms with Crippen molar-refractivity contribution in [2.75, 3.05) is 25.6 Å². The molecule has 1 heterocycles. The molecule has 4 nitrogen and oxygen atoms in total. The topological polar surface area (TPSA) is 49.3 Å². The van der Waals surface area contributed by atoms with E-state index in [9.17, 15) is 0 Å². The zero-order valence-electron chi connectivity index (χ0n) is 10.8. The number of rotatable bonds is 6. The van der Waals surface area contributed by atoms with Crippen LogP contribution in [0.4, 0.5) is 0 Å². The van der Waals surface area contributed by atoms with Crippen molar-refractivity contribution >= 4 is 41.7 Å². The lowest BCUT2D eigenvalue weighted by atomic mass is 10.3. The normalized spacial score (nSPS) is 10.7. The van der Waals surface area contributed by atoms with Crippen LogP contribution in [0, 0.1) is 0 Å². The van der Waals surface area contributed by atoms with E-state index in [1.807, 2.05) is 30.0 Å². The van der Waals surface area contributed by atoms with E-state index < -0.39 is 0 Å². The third kappa shape index (κ3) is 7.75. The maximum Gasteiger partial charge on any atom is 0.191 e. The van der Waals surface area contributed by atoms with Gasteiger partial charge in [0.05, 0.1) is 12.2 Å². The summed E-state index contributed by atoms with van der Waals surface area (Å²) in [6, 6.07) is 5.89. The highest BCUT2D eigenvalue weighted by Gasteiger charge is 1.97. The minimum absolute atomic E-state index is 0. The fraction of sp³-hybridized carbons (Fsp3) is 0.500. The quantitative estimate of drug-likeness (QED) is 0.344. The Kier molecular flexibility index (Phi) is 11.3. The SMILES string of the molecule is CN=C(NCCCSC)NCc1ccccn1.I. The minimum atomic E-state index is 0. The van der Waals surface area contributed by atoms with Gasteiger partial charge in [-0.2, -0.15) is 11.8 Å². The summed E-state index contributed by atoms with van der Waals surface area (Å²) in [6.45, 7) is 1.64. The second kappa shape index (κ2) is 11.6. The summed E-state index contributed by atoms with van der Waals surface area (Å²) in [4.78, 5) is 8.41. The number of hydrogen-bond donors (Lipinski definition) is 2. The highest BCUT2D eigenvalue weighted by Crippen LogP contribution is 1.94. The average molecular weight is 380 g/mol. The Labute approximate surface area is 130 Å². The van der Waals surface area contributed by atoms with Crippen LogP contribution in [0.5, 0.6) is 0 Å². The molecule has 1 aromatic heterocycles. The molecule has 2 N–H and O–H groups in total. The molecule has 0 aliphatic rings. The molecule has 0 saturated heterocycles. The predicted octanol–water partition coefficient (Wildman–Crippen LogP) is 2.12. The number of guanidine groups is 1. The maximum absolute atomic E-state index is 4.25. The highest BCUT2D eigenvalue weighted by atomic mass is 127. The summed E-state index contributed by atoms with van der Waals surface area (Å²) in [5.74, 6) is 2.00. The molecule has 1 aromatic rings. The Morgan fingerprint density at radius 3 is 2.83 bits per heavy atom. The first-order valence-corrected chi connectivity index (χ1v) is 7.09. The molecule has 0 unspecified atom stereocenters. The summed E-state index contributed by atoms with van der Waals surface area (Å²) >= 11 is 1.86. The fourth-order valence-corrected chi connectivity index (χ4v) is 1.75. The number of aromatic nitrogens is 1. The Morgan fingerprint density at radius 2 is 2.22 bits per heavy atom. The van der Waals surface area contributed by atoms with Gasteiger partial charge in [-0.05, 0) is 30.6 Å². The second-order valence-corrected chi connectivity index (χ2v) is 4.51. The van der Waals surface area contributed by atoms with Gasteiger partial charge in [-0.25, -0.2) is 0 Å². The van der Waals surface area contributed by atoms with Gasteiger partial charge in [-0.15, -0.1) is 24.0 Å². The lowest BCUT2D eigenvalue weighted by Gasteiger charge is -2.11. The van der Waals surface area contributed by atoms with E-state index >= 15 is 0 Å². The third-order valence-corrected chi connectivity index (χ3v) is 2.90. The van der Waals surface area contributed by atoms with Crippen LogP contribution in [0.1, 0.15) is 12.1 Å². The zero-order valence-corrected chi connectivity index (χ0v) is 14.0. The fourth-order valence-electron chi connectivity index (χ4n) is 1.32. The molecule has 0 spiro atoms. The molecular weight excluding hydrogens is 359 g/mol. The molecule has 0 bridgehead atoms. The van der Waals surface area contributed by atoms with Gasteiger partial charge in [-0.3, -0.25) is 9.98 Å². The number of halogens is 1. The van der Waals surface area contributed by atoms with Crippen LogP contribution in [-0.2, 0) is 6.54 Å². The van der Waals surface area contributed by atoms with Gasteiger partial charge in [-0.1, -0.05) is 6.07 Å². The first kappa shape index (κ1) is 17.5. The van der Waals surface area contributed by atoms with Crippen LogP contribution in [0.25, 0.3) is 0 Å². The molecule has 0 aliphatic carbocycles. The highest BCUT2D eigenvalue weighted by molar-refractivity contribution is 14.0. The van der Waals surface area contributed by atoms with Gasteiger partial charge in [0.1, 0.15) is 0 Å². The zero-order chi connectivity index (χ0) is 12.3. The van der Waals surface area contributed by atoms with Crippen molar-refractivity contribution in [2.45, 2.75) is 13.0 Å². The van der Waals surface area contributed by atoms with Crippen molar-refractivity contribution in [2.24, 2.45) is 4.99 Å². The van der Waals surface area contributed by atoms with Crippen LogP contribution in [-0.4, -0.2) is 36.5 Å². The Balaban J connectivity index is 0.00000289. The molecule has 18 heavy (non-hydrogen) atoms. The first-order valence-electron chi connectivity index (χ1n) is 5.70. The van der Waals surface area contributed by atoms with Gasteiger partial charge < -0.3 is 10.6 Å². The molecule has 102 valence electrons. The van der Waals surface area contributed by atoms with E-state index in [1.165, 1.54) is 5.75 Å². The van der Waals surface area contributed by atoms with Crippen LogP contribution < -0.4 is 10.6 Å². The van der Waals surface area contributed by atoms with Crippen molar-refractivity contribution in [3.63, 3.8) is 0 Å². The molecule has 0 amide bonds. The molecule has 1 rings (SSSR count). The standard InChI is InChI=1S/C12H20N4S.HI/c1-13-12(15-8-5-9-17-2)16-10-11-6-3-4-7-14-11;/h3-4,6-7H,5,8-10H2,1-2H3,(H2,13,15,16);1H. The van der Waals surface area contributed by atoms with E-state index in [2.05, 4.69) is 26.9 Å². The molecule has 6 heteroatoms. The van der Waals surface area contributed by atoms with E-state index in [4.69, 9.17) is 0 Å². The number of nitrogens with zero attached hydrogens (tertiary/aromatic N) is 2. The van der Waals surface area contributed by atoms with Gasteiger partial charge in [0.15, 0.2) is 5.96 Å². The van der Waals surface area contributed by atoms with E-state index in [0.29, 0.717) is 6.54 Å². The van der Waals surface area contributed by atoms with Crippen LogP contribution in [0.2, 0.25) is 0 Å². The van der Waals surface area contributed by atoms with Crippen LogP contribution >= 0.6 is 35.7 Å². The minimum Gasteiger partial charge on any atom is -0.356 e. The first-order chi connectivity index (χ1) is 8.36. The summed E-state index contributed by atoms with van der Waals surface area (Å²) in [6.07, 6.45) is 5.06. The van der Waals surface area contributed by atoms with Crippen molar-refractivity contribution in [3.05, 3.63) is 30.1 Å². The summed E-state index contributed by atoms with van der Waals surface area (Å²) in [5, 5.41) is 6.50. The van der Waals surface area contributed by atoms with Gasteiger partial charge in [0, 0.05) is 19.8 Å². The number of hydrogen-bond acceptors (Lipinski definition) is 3. The van der Waals surface area contributed by atoms with Crippen LogP contribution in [0.15, 0.2) is 29.4 Å². The predicted molar refractivity (Wildman–Crippen MR) is 90.9 cm³/mol. The van der Waals surface area contributed by atoms with Crippen molar-refractivity contribution in [3.8, 4) is 0 Å². The number of aliphatic imine (C=N–C) groups is 1. The van der Waals surface area contributed by atoms with Crippen molar-refractivity contribution < 1.29 is 0 Å². The molecule has 0 aliphatic heterocycles. The summed E-state index contributed by atoms with van der Waals surface area (Å²) in [7, 11) is 1.78. The largest absolute Gasteiger partial charge is 0.356 e.